The van der Waals surface area contributed by atoms with Gasteiger partial charge in [0.2, 0.25) is 5.95 Å². The molecule has 0 bridgehead atoms. The zero-order chi connectivity index (χ0) is 17.6. The van der Waals surface area contributed by atoms with Crippen LogP contribution >= 0.6 is 0 Å². The van der Waals surface area contributed by atoms with Crippen molar-refractivity contribution < 1.29 is 0 Å². The summed E-state index contributed by atoms with van der Waals surface area (Å²) in [6.45, 7) is 2.72. The Kier molecular flexibility index (Phi) is 4.91. The minimum Gasteiger partial charge on any atom is -0.355 e. The van der Waals surface area contributed by atoms with Crippen LogP contribution in [0.3, 0.4) is 0 Å². The van der Waals surface area contributed by atoms with Gasteiger partial charge in [-0.25, -0.2) is 4.98 Å². The van der Waals surface area contributed by atoms with Crippen LogP contribution in [-0.2, 0) is 6.54 Å². The number of nitriles is 1. The summed E-state index contributed by atoms with van der Waals surface area (Å²) in [5.41, 5.74) is 3.59. The lowest BCUT2D eigenvalue weighted by Gasteiger charge is -2.19. The summed E-state index contributed by atoms with van der Waals surface area (Å²) < 4.78 is 0. The van der Waals surface area contributed by atoms with Crippen molar-refractivity contribution in [2.45, 2.75) is 13.5 Å². The Morgan fingerprint density at radius 2 is 1.76 bits per heavy atom. The van der Waals surface area contributed by atoms with Crippen molar-refractivity contribution in [2.75, 3.05) is 17.3 Å². The number of nitrogens with one attached hydrogen (secondary N) is 1. The van der Waals surface area contributed by atoms with Crippen LogP contribution in [0.5, 0.6) is 0 Å². The zero-order valence-electron chi connectivity index (χ0n) is 14.3. The first-order chi connectivity index (χ1) is 12.1. The number of anilines is 3. The predicted molar refractivity (Wildman–Crippen MR) is 99.8 cm³/mol. The topological polar surface area (TPSA) is 64.8 Å². The first-order valence-electron chi connectivity index (χ1n) is 8.02. The average molecular weight is 329 g/mol. The molecule has 1 heterocycles. The van der Waals surface area contributed by atoms with Crippen molar-refractivity contribution in [1.82, 2.24) is 9.97 Å². The summed E-state index contributed by atoms with van der Waals surface area (Å²) in [6, 6.07) is 21.6. The van der Waals surface area contributed by atoms with Crippen LogP contribution in [0.4, 0.5) is 17.5 Å². The molecule has 1 aromatic heterocycles. The van der Waals surface area contributed by atoms with E-state index in [9.17, 15) is 0 Å². The summed E-state index contributed by atoms with van der Waals surface area (Å²) in [5.74, 6) is 1.40. The molecule has 2 aromatic carbocycles. The van der Waals surface area contributed by atoms with Gasteiger partial charge in [-0.15, -0.1) is 0 Å². The van der Waals surface area contributed by atoms with Crippen molar-refractivity contribution in [3.8, 4) is 6.07 Å². The van der Waals surface area contributed by atoms with E-state index in [1.54, 1.807) is 12.1 Å². The van der Waals surface area contributed by atoms with Crippen LogP contribution in [0.2, 0.25) is 0 Å². The number of benzene rings is 2. The Bertz CT molecular complexity index is 882. The third kappa shape index (κ3) is 4.33. The first kappa shape index (κ1) is 16.5. The molecule has 0 saturated carbocycles. The summed E-state index contributed by atoms with van der Waals surface area (Å²) in [5, 5.41) is 12.1. The molecule has 3 aromatic rings. The number of rotatable bonds is 5. The van der Waals surface area contributed by atoms with Crippen molar-refractivity contribution in [2.24, 2.45) is 0 Å². The first-order valence-corrected chi connectivity index (χ1v) is 8.02. The van der Waals surface area contributed by atoms with E-state index in [1.807, 2.05) is 50.4 Å². The lowest BCUT2D eigenvalue weighted by atomic mass is 10.2. The van der Waals surface area contributed by atoms with Gasteiger partial charge >= 0.3 is 0 Å². The van der Waals surface area contributed by atoms with Crippen molar-refractivity contribution in [3.63, 3.8) is 0 Å². The maximum atomic E-state index is 8.87. The van der Waals surface area contributed by atoms with E-state index in [2.05, 4.69) is 38.4 Å². The van der Waals surface area contributed by atoms with Crippen LogP contribution < -0.4 is 10.2 Å². The number of aromatic nitrogens is 2. The van der Waals surface area contributed by atoms with Gasteiger partial charge < -0.3 is 10.2 Å². The monoisotopic (exact) mass is 329 g/mol. The molecule has 0 fully saturated rings. The molecule has 0 aliphatic rings. The van der Waals surface area contributed by atoms with E-state index in [0.717, 1.165) is 23.7 Å². The quantitative estimate of drug-likeness (QED) is 0.765. The Hall–Kier alpha value is -3.39. The van der Waals surface area contributed by atoms with Gasteiger partial charge in [-0.05, 0) is 36.8 Å². The van der Waals surface area contributed by atoms with E-state index in [0.29, 0.717) is 11.5 Å². The molecule has 124 valence electrons. The Morgan fingerprint density at radius 1 is 1.04 bits per heavy atom. The largest absolute Gasteiger partial charge is 0.355 e. The summed E-state index contributed by atoms with van der Waals surface area (Å²) in [4.78, 5) is 11.1. The van der Waals surface area contributed by atoms with Crippen LogP contribution in [0, 0.1) is 18.3 Å². The smallest absolute Gasteiger partial charge is 0.229 e. The fraction of sp³-hybridized carbons (Fsp3) is 0.150. The van der Waals surface area contributed by atoms with Crippen molar-refractivity contribution in [1.29, 1.82) is 5.26 Å². The van der Waals surface area contributed by atoms with Gasteiger partial charge in [0.05, 0.1) is 11.6 Å². The van der Waals surface area contributed by atoms with Gasteiger partial charge in [-0.2, -0.15) is 10.2 Å². The molecule has 0 aliphatic heterocycles. The predicted octanol–water partition coefficient (Wildman–Crippen LogP) is 4.04. The van der Waals surface area contributed by atoms with Crippen molar-refractivity contribution >= 4 is 17.5 Å². The highest BCUT2D eigenvalue weighted by Gasteiger charge is 2.08. The molecule has 0 saturated heterocycles. The van der Waals surface area contributed by atoms with Gasteiger partial charge in [-0.1, -0.05) is 30.3 Å². The fourth-order valence-corrected chi connectivity index (χ4v) is 2.50. The maximum absolute atomic E-state index is 8.87. The minimum absolute atomic E-state index is 0.541. The fourth-order valence-electron chi connectivity index (χ4n) is 2.50. The molecule has 0 radical (unpaired) electrons. The molecule has 1 N–H and O–H groups in total. The number of hydrogen-bond acceptors (Lipinski definition) is 5. The molecular formula is C20H19N5. The molecule has 0 spiro atoms. The average Bonchev–Trinajstić information content (AvgIpc) is 2.63. The lowest BCUT2D eigenvalue weighted by molar-refractivity contribution is 0.888. The maximum Gasteiger partial charge on any atom is 0.229 e. The van der Waals surface area contributed by atoms with Crippen LogP contribution in [-0.4, -0.2) is 17.0 Å². The summed E-state index contributed by atoms with van der Waals surface area (Å²) >= 11 is 0. The number of hydrogen-bond donors (Lipinski definition) is 1. The van der Waals surface area contributed by atoms with Crippen LogP contribution in [0.1, 0.15) is 16.8 Å². The third-order valence-corrected chi connectivity index (χ3v) is 3.76. The van der Waals surface area contributed by atoms with E-state index in [1.165, 1.54) is 5.56 Å². The van der Waals surface area contributed by atoms with Crippen LogP contribution in [0.15, 0.2) is 60.7 Å². The molecule has 3 rings (SSSR count). The highest BCUT2D eigenvalue weighted by molar-refractivity contribution is 5.57. The Morgan fingerprint density at radius 3 is 2.44 bits per heavy atom. The van der Waals surface area contributed by atoms with Gasteiger partial charge in [0.15, 0.2) is 0 Å². The summed E-state index contributed by atoms with van der Waals surface area (Å²) in [7, 11) is 2.01. The molecule has 25 heavy (non-hydrogen) atoms. The highest BCUT2D eigenvalue weighted by Crippen LogP contribution is 2.19. The minimum atomic E-state index is 0.541. The molecule has 5 heteroatoms. The normalized spacial score (nSPS) is 10.1. The third-order valence-electron chi connectivity index (χ3n) is 3.76. The van der Waals surface area contributed by atoms with Gasteiger partial charge in [0.1, 0.15) is 5.82 Å². The lowest BCUT2D eigenvalue weighted by Crippen LogP contribution is -2.18. The van der Waals surface area contributed by atoms with Crippen LogP contribution in [0.25, 0.3) is 0 Å². The molecule has 5 nitrogen and oxygen atoms in total. The molecule has 0 amide bonds. The van der Waals surface area contributed by atoms with Gasteiger partial charge in [-0.3, -0.25) is 0 Å². The zero-order valence-corrected chi connectivity index (χ0v) is 14.3. The SMILES string of the molecule is Cc1cc(N(C)Cc2ccccc2)nc(Nc2ccc(C#N)cc2)n1. The second-order valence-corrected chi connectivity index (χ2v) is 5.85. The van der Waals surface area contributed by atoms with E-state index >= 15 is 0 Å². The molecular weight excluding hydrogens is 310 g/mol. The molecule has 0 unspecified atom stereocenters. The molecule has 0 atom stereocenters. The second kappa shape index (κ2) is 7.45. The summed E-state index contributed by atoms with van der Waals surface area (Å²) in [6.07, 6.45) is 0. The second-order valence-electron chi connectivity index (χ2n) is 5.85. The van der Waals surface area contributed by atoms with E-state index in [-0.39, 0.29) is 0 Å². The van der Waals surface area contributed by atoms with E-state index < -0.39 is 0 Å². The Labute approximate surface area is 147 Å². The van der Waals surface area contributed by atoms with Gasteiger partial charge in [0.25, 0.3) is 0 Å². The standard InChI is InChI=1S/C20H19N5/c1-15-12-19(25(2)14-17-6-4-3-5-7-17)24-20(22-15)23-18-10-8-16(13-21)9-11-18/h3-12H,14H2,1-2H3,(H,22,23,24). The van der Waals surface area contributed by atoms with Crippen molar-refractivity contribution in [3.05, 3.63) is 77.5 Å². The van der Waals surface area contributed by atoms with Gasteiger partial charge in [0, 0.05) is 31.0 Å². The number of aryl methyl sites for hydroxylation is 1. The number of nitrogens with zero attached hydrogens (tertiary/aromatic N) is 4. The Balaban J connectivity index is 1.78. The van der Waals surface area contributed by atoms with E-state index in [4.69, 9.17) is 5.26 Å². The highest BCUT2D eigenvalue weighted by atomic mass is 15.2. The molecule has 0 aliphatic carbocycles.